The van der Waals surface area contributed by atoms with Crippen LogP contribution in [-0.2, 0) is 4.79 Å². The second-order valence-electron chi connectivity index (χ2n) is 5.11. The maximum atomic E-state index is 12.6. The summed E-state index contributed by atoms with van der Waals surface area (Å²) in [7, 11) is 3.09. The molecule has 1 saturated heterocycles. The van der Waals surface area contributed by atoms with E-state index in [1.807, 2.05) is 6.92 Å². The average Bonchev–Trinajstić information content (AvgIpc) is 2.99. The molecule has 0 saturated carbocycles. The minimum absolute atomic E-state index is 0.0587. The Morgan fingerprint density at radius 3 is 2.57 bits per heavy atom. The number of ether oxygens (including phenoxy) is 2. The number of anilines is 1. The Hall–Kier alpha value is -1.46. The number of hydrogen-bond acceptors (Lipinski definition) is 4. The van der Waals surface area contributed by atoms with Crippen molar-refractivity contribution >= 4 is 23.2 Å². The van der Waals surface area contributed by atoms with Crippen molar-refractivity contribution in [2.24, 2.45) is 0 Å². The lowest BCUT2D eigenvalue weighted by Crippen LogP contribution is -2.50. The van der Waals surface area contributed by atoms with E-state index >= 15 is 0 Å². The van der Waals surface area contributed by atoms with Crippen LogP contribution in [0.4, 0.5) is 5.69 Å². The number of carbonyl (C=O) groups excluding carboxylic acids is 1. The first-order valence-corrected chi connectivity index (χ1v) is 7.42. The molecule has 2 rings (SSSR count). The third-order valence-corrected chi connectivity index (χ3v) is 4.32. The van der Waals surface area contributed by atoms with Crippen LogP contribution in [0.5, 0.6) is 11.5 Å². The van der Waals surface area contributed by atoms with Gasteiger partial charge in [0, 0.05) is 12.1 Å². The lowest BCUT2D eigenvalue weighted by molar-refractivity contribution is -0.122. The molecule has 1 amide bonds. The molecule has 1 atom stereocenters. The van der Waals surface area contributed by atoms with Gasteiger partial charge in [0.25, 0.3) is 0 Å². The van der Waals surface area contributed by atoms with Crippen LogP contribution in [-0.4, -0.2) is 32.2 Å². The third kappa shape index (κ3) is 3.09. The summed E-state index contributed by atoms with van der Waals surface area (Å²) in [5.41, 5.74) is 0.0251. The van der Waals surface area contributed by atoms with Crippen molar-refractivity contribution in [2.45, 2.75) is 31.7 Å². The molecule has 1 aliphatic heterocycles. The molecule has 0 spiro atoms. The fourth-order valence-electron chi connectivity index (χ4n) is 2.65. The molecule has 1 aromatic carbocycles. The first-order valence-electron chi connectivity index (χ1n) is 7.04. The number of halogens is 1. The Labute approximate surface area is 130 Å². The van der Waals surface area contributed by atoms with E-state index in [-0.39, 0.29) is 5.91 Å². The highest BCUT2D eigenvalue weighted by atomic mass is 35.5. The van der Waals surface area contributed by atoms with Gasteiger partial charge in [0.1, 0.15) is 0 Å². The maximum Gasteiger partial charge on any atom is 0.244 e. The molecule has 1 unspecified atom stereocenters. The van der Waals surface area contributed by atoms with E-state index < -0.39 is 5.54 Å². The molecule has 1 heterocycles. The van der Waals surface area contributed by atoms with Gasteiger partial charge in [-0.1, -0.05) is 18.5 Å². The smallest absolute Gasteiger partial charge is 0.244 e. The lowest BCUT2D eigenvalue weighted by Gasteiger charge is -2.27. The monoisotopic (exact) mass is 312 g/mol. The summed E-state index contributed by atoms with van der Waals surface area (Å²) in [4.78, 5) is 12.6. The van der Waals surface area contributed by atoms with E-state index in [9.17, 15) is 4.79 Å². The zero-order chi connectivity index (χ0) is 15.5. The van der Waals surface area contributed by atoms with Gasteiger partial charge in [-0.25, -0.2) is 0 Å². The molecule has 0 radical (unpaired) electrons. The van der Waals surface area contributed by atoms with Gasteiger partial charge in [0.2, 0.25) is 5.91 Å². The molecule has 1 aliphatic rings. The van der Waals surface area contributed by atoms with E-state index in [1.54, 1.807) is 26.4 Å². The number of nitrogens with one attached hydrogen (secondary N) is 2. The van der Waals surface area contributed by atoms with Gasteiger partial charge in [-0.05, 0) is 25.8 Å². The minimum atomic E-state index is -0.503. The van der Waals surface area contributed by atoms with Crippen LogP contribution in [0.15, 0.2) is 12.1 Å². The van der Waals surface area contributed by atoms with Gasteiger partial charge in [0.15, 0.2) is 11.5 Å². The van der Waals surface area contributed by atoms with E-state index in [1.165, 1.54) is 0 Å². The van der Waals surface area contributed by atoms with Gasteiger partial charge in [0.05, 0.1) is 30.5 Å². The zero-order valence-corrected chi connectivity index (χ0v) is 13.3. The highest BCUT2D eigenvalue weighted by Gasteiger charge is 2.39. The van der Waals surface area contributed by atoms with Crippen molar-refractivity contribution in [1.29, 1.82) is 0 Å². The summed E-state index contributed by atoms with van der Waals surface area (Å²) >= 11 is 6.21. The quantitative estimate of drug-likeness (QED) is 0.877. The predicted octanol–water partition coefficient (Wildman–Crippen LogP) is 2.83. The molecule has 6 heteroatoms. The highest BCUT2D eigenvalue weighted by molar-refractivity contribution is 6.34. The van der Waals surface area contributed by atoms with Crippen LogP contribution in [0.3, 0.4) is 0 Å². The first kappa shape index (κ1) is 15.9. The van der Waals surface area contributed by atoms with Crippen molar-refractivity contribution < 1.29 is 14.3 Å². The number of carbonyl (C=O) groups is 1. The number of hydrogen-bond donors (Lipinski definition) is 2. The van der Waals surface area contributed by atoms with Gasteiger partial charge < -0.3 is 20.1 Å². The van der Waals surface area contributed by atoms with Crippen LogP contribution in [0.2, 0.25) is 5.02 Å². The zero-order valence-electron chi connectivity index (χ0n) is 12.6. The Bertz CT molecular complexity index is 528. The van der Waals surface area contributed by atoms with Crippen LogP contribution >= 0.6 is 11.6 Å². The third-order valence-electron chi connectivity index (χ3n) is 4.00. The molecule has 21 heavy (non-hydrogen) atoms. The normalized spacial score (nSPS) is 21.1. The number of rotatable bonds is 5. The van der Waals surface area contributed by atoms with Crippen LogP contribution in [0.1, 0.15) is 26.2 Å². The Balaban J connectivity index is 2.24. The fraction of sp³-hybridized carbons (Fsp3) is 0.533. The summed E-state index contributed by atoms with van der Waals surface area (Å²) in [6, 6.07) is 3.31. The molecule has 5 nitrogen and oxygen atoms in total. The van der Waals surface area contributed by atoms with Gasteiger partial charge in [-0.3, -0.25) is 4.79 Å². The topological polar surface area (TPSA) is 59.6 Å². The van der Waals surface area contributed by atoms with Crippen molar-refractivity contribution in [2.75, 3.05) is 26.1 Å². The molecule has 116 valence electrons. The predicted molar refractivity (Wildman–Crippen MR) is 83.4 cm³/mol. The van der Waals surface area contributed by atoms with Crippen LogP contribution < -0.4 is 20.1 Å². The molecule has 1 fully saturated rings. The molecule has 1 aromatic rings. The molecular formula is C15H21ClN2O3. The maximum absolute atomic E-state index is 12.6. The van der Waals surface area contributed by atoms with Crippen molar-refractivity contribution in [3.05, 3.63) is 17.2 Å². The van der Waals surface area contributed by atoms with Crippen LogP contribution in [0, 0.1) is 0 Å². The Morgan fingerprint density at radius 1 is 1.38 bits per heavy atom. The molecular weight excluding hydrogens is 292 g/mol. The minimum Gasteiger partial charge on any atom is -0.493 e. The van der Waals surface area contributed by atoms with E-state index in [2.05, 4.69) is 10.6 Å². The Kier molecular flexibility index (Phi) is 4.96. The van der Waals surface area contributed by atoms with Crippen molar-refractivity contribution in [3.8, 4) is 11.5 Å². The summed E-state index contributed by atoms with van der Waals surface area (Å²) < 4.78 is 10.4. The Morgan fingerprint density at radius 2 is 2.05 bits per heavy atom. The second kappa shape index (κ2) is 6.54. The fourth-order valence-corrected chi connectivity index (χ4v) is 2.86. The first-order chi connectivity index (χ1) is 10.1. The van der Waals surface area contributed by atoms with Crippen molar-refractivity contribution in [1.82, 2.24) is 5.32 Å². The lowest BCUT2D eigenvalue weighted by atomic mass is 9.93. The van der Waals surface area contributed by atoms with E-state index in [4.69, 9.17) is 21.1 Å². The number of methoxy groups -OCH3 is 2. The summed E-state index contributed by atoms with van der Waals surface area (Å²) in [6.07, 6.45) is 2.57. The van der Waals surface area contributed by atoms with E-state index in [0.717, 1.165) is 25.8 Å². The largest absolute Gasteiger partial charge is 0.493 e. The van der Waals surface area contributed by atoms with Gasteiger partial charge >= 0.3 is 0 Å². The molecule has 0 aromatic heterocycles. The molecule has 2 N–H and O–H groups in total. The summed E-state index contributed by atoms with van der Waals surface area (Å²) in [5, 5.41) is 6.62. The SMILES string of the molecule is CCC1(C(=O)Nc2cc(OC)c(OC)cc2Cl)CCCN1. The summed E-state index contributed by atoms with van der Waals surface area (Å²) in [5.74, 6) is 1.00. The standard InChI is InChI=1S/C15H21ClN2O3/c1-4-15(6-5-7-17-15)14(19)18-11-9-13(21-3)12(20-2)8-10(11)16/h8-9,17H,4-7H2,1-3H3,(H,18,19). The second-order valence-corrected chi connectivity index (χ2v) is 5.51. The molecule has 0 aliphatic carbocycles. The number of benzene rings is 1. The number of amides is 1. The van der Waals surface area contributed by atoms with E-state index in [0.29, 0.717) is 22.2 Å². The molecule has 0 bridgehead atoms. The van der Waals surface area contributed by atoms with Gasteiger partial charge in [-0.2, -0.15) is 0 Å². The van der Waals surface area contributed by atoms with Gasteiger partial charge in [-0.15, -0.1) is 0 Å². The van der Waals surface area contributed by atoms with Crippen LogP contribution in [0.25, 0.3) is 0 Å². The highest BCUT2D eigenvalue weighted by Crippen LogP contribution is 2.36. The van der Waals surface area contributed by atoms with Crippen molar-refractivity contribution in [3.63, 3.8) is 0 Å². The average molecular weight is 313 g/mol. The summed E-state index contributed by atoms with van der Waals surface area (Å²) in [6.45, 7) is 2.87.